The molecule has 0 saturated carbocycles. The Morgan fingerprint density at radius 2 is 2.10 bits per heavy atom. The first kappa shape index (κ1) is 13.7. The van der Waals surface area contributed by atoms with Crippen LogP contribution in [0.1, 0.15) is 18.9 Å². The van der Waals surface area contributed by atoms with Gasteiger partial charge in [-0.3, -0.25) is 4.90 Å². The summed E-state index contributed by atoms with van der Waals surface area (Å²) < 4.78 is 10.7. The average Bonchev–Trinajstić information content (AvgIpc) is 2.75. The Hall–Kier alpha value is -1.30. The zero-order valence-corrected chi connectivity index (χ0v) is 11.9. The van der Waals surface area contributed by atoms with Crippen molar-refractivity contribution in [1.29, 1.82) is 0 Å². The Morgan fingerprint density at radius 3 is 3.00 bits per heavy atom. The summed E-state index contributed by atoms with van der Waals surface area (Å²) in [5.74, 6) is 1.48. The number of aliphatic hydroxyl groups is 1. The Balaban J connectivity index is 1.73. The molecule has 0 spiro atoms. The number of rotatable bonds is 3. The van der Waals surface area contributed by atoms with Crippen molar-refractivity contribution in [3.8, 4) is 11.5 Å². The second-order valence-corrected chi connectivity index (χ2v) is 5.72. The Kier molecular flexibility index (Phi) is 3.83. The van der Waals surface area contributed by atoms with Gasteiger partial charge in [0, 0.05) is 19.6 Å². The molecule has 5 heteroatoms. The minimum Gasteiger partial charge on any atom is -0.454 e. The van der Waals surface area contributed by atoms with E-state index in [-0.39, 0.29) is 6.79 Å². The van der Waals surface area contributed by atoms with Gasteiger partial charge in [0.1, 0.15) is 0 Å². The van der Waals surface area contributed by atoms with E-state index in [2.05, 4.69) is 10.2 Å². The third kappa shape index (κ3) is 2.90. The maximum absolute atomic E-state index is 10.8. The molecule has 2 aliphatic heterocycles. The van der Waals surface area contributed by atoms with Crippen LogP contribution in [0.5, 0.6) is 11.5 Å². The Bertz CT molecular complexity index is 468. The summed E-state index contributed by atoms with van der Waals surface area (Å²) >= 11 is 0. The second-order valence-electron chi connectivity index (χ2n) is 5.72. The first-order valence-electron chi connectivity index (χ1n) is 7.21. The van der Waals surface area contributed by atoms with Gasteiger partial charge < -0.3 is 19.9 Å². The lowest BCUT2D eigenvalue weighted by Gasteiger charge is -2.31. The average molecular weight is 278 g/mol. The van der Waals surface area contributed by atoms with Crippen LogP contribution in [0.4, 0.5) is 0 Å². The fourth-order valence-electron chi connectivity index (χ4n) is 2.82. The lowest BCUT2D eigenvalue weighted by molar-refractivity contribution is 0.0176. The van der Waals surface area contributed by atoms with Crippen LogP contribution in [0.2, 0.25) is 0 Å². The molecule has 3 rings (SSSR count). The van der Waals surface area contributed by atoms with Gasteiger partial charge in [0.2, 0.25) is 6.79 Å². The van der Waals surface area contributed by atoms with Crippen LogP contribution in [0, 0.1) is 0 Å². The molecule has 2 heterocycles. The van der Waals surface area contributed by atoms with E-state index in [1.54, 1.807) is 0 Å². The topological polar surface area (TPSA) is 54.0 Å². The van der Waals surface area contributed by atoms with E-state index in [1.807, 2.05) is 25.1 Å². The minimum atomic E-state index is -0.884. The molecule has 1 fully saturated rings. The lowest BCUT2D eigenvalue weighted by atomic mass is 9.95. The molecule has 0 radical (unpaired) electrons. The standard InChI is InChI=1S/C15H22N2O3/c1-15(18,10-17-7-2-5-16-6-8-17)12-3-4-13-14(9-12)20-11-19-13/h3-4,9,16,18H,2,5-8,10-11H2,1H3. The van der Waals surface area contributed by atoms with Gasteiger partial charge in [-0.15, -0.1) is 0 Å². The maximum Gasteiger partial charge on any atom is 0.231 e. The minimum absolute atomic E-state index is 0.263. The highest BCUT2D eigenvalue weighted by molar-refractivity contribution is 5.46. The Labute approximate surface area is 119 Å². The lowest BCUT2D eigenvalue weighted by Crippen LogP contribution is -2.40. The summed E-state index contributed by atoms with van der Waals surface area (Å²) in [5.41, 5.74) is -0.00958. The van der Waals surface area contributed by atoms with E-state index >= 15 is 0 Å². The summed E-state index contributed by atoms with van der Waals surface area (Å²) in [4.78, 5) is 2.31. The molecule has 0 aliphatic carbocycles. The van der Waals surface area contributed by atoms with E-state index in [1.165, 1.54) is 0 Å². The van der Waals surface area contributed by atoms with Gasteiger partial charge in [-0.25, -0.2) is 0 Å². The van der Waals surface area contributed by atoms with Gasteiger partial charge in [0.25, 0.3) is 0 Å². The van der Waals surface area contributed by atoms with Gasteiger partial charge in [-0.05, 0) is 44.1 Å². The van der Waals surface area contributed by atoms with Crippen LogP contribution in [-0.4, -0.2) is 49.5 Å². The highest BCUT2D eigenvalue weighted by Crippen LogP contribution is 2.35. The third-order valence-corrected chi connectivity index (χ3v) is 3.96. The highest BCUT2D eigenvalue weighted by atomic mass is 16.7. The molecule has 2 N–H and O–H groups in total. The molecule has 1 atom stereocenters. The fourth-order valence-corrected chi connectivity index (χ4v) is 2.82. The monoisotopic (exact) mass is 278 g/mol. The van der Waals surface area contributed by atoms with Crippen molar-refractivity contribution in [3.63, 3.8) is 0 Å². The van der Waals surface area contributed by atoms with Crippen LogP contribution < -0.4 is 14.8 Å². The van der Waals surface area contributed by atoms with Crippen LogP contribution in [0.15, 0.2) is 18.2 Å². The van der Waals surface area contributed by atoms with E-state index in [9.17, 15) is 5.11 Å². The summed E-state index contributed by atoms with van der Waals surface area (Å²) in [6.45, 7) is 6.80. The molecule has 20 heavy (non-hydrogen) atoms. The number of hydrogen-bond acceptors (Lipinski definition) is 5. The smallest absolute Gasteiger partial charge is 0.231 e. The Morgan fingerprint density at radius 1 is 1.25 bits per heavy atom. The largest absolute Gasteiger partial charge is 0.454 e. The van der Waals surface area contributed by atoms with E-state index in [0.29, 0.717) is 6.54 Å². The number of ether oxygens (including phenoxy) is 2. The zero-order valence-electron chi connectivity index (χ0n) is 11.9. The van der Waals surface area contributed by atoms with Crippen LogP contribution >= 0.6 is 0 Å². The number of nitrogens with one attached hydrogen (secondary N) is 1. The molecule has 110 valence electrons. The second kappa shape index (κ2) is 5.60. The van der Waals surface area contributed by atoms with Crippen molar-refractivity contribution < 1.29 is 14.6 Å². The van der Waals surface area contributed by atoms with Crippen molar-refractivity contribution in [2.45, 2.75) is 18.9 Å². The fraction of sp³-hybridized carbons (Fsp3) is 0.600. The summed E-state index contributed by atoms with van der Waals surface area (Å²) in [5, 5.41) is 14.2. The normalized spacial score (nSPS) is 22.3. The number of β-amino-alcohol motifs (C(OH)–C–C–N with tert-alkyl or cyclic N) is 1. The third-order valence-electron chi connectivity index (χ3n) is 3.96. The summed E-state index contributed by atoms with van der Waals surface area (Å²) in [7, 11) is 0. The molecule has 5 nitrogen and oxygen atoms in total. The van der Waals surface area contributed by atoms with E-state index < -0.39 is 5.60 Å². The molecule has 1 saturated heterocycles. The maximum atomic E-state index is 10.8. The molecular weight excluding hydrogens is 256 g/mol. The molecule has 0 bridgehead atoms. The molecular formula is C15H22N2O3. The molecule has 0 amide bonds. The summed E-state index contributed by atoms with van der Waals surface area (Å²) in [6, 6.07) is 5.68. The van der Waals surface area contributed by atoms with Gasteiger partial charge in [-0.1, -0.05) is 6.07 Å². The number of hydrogen-bond donors (Lipinski definition) is 2. The van der Waals surface area contributed by atoms with E-state index in [0.717, 1.165) is 49.7 Å². The number of fused-ring (bicyclic) bond motifs is 1. The van der Waals surface area contributed by atoms with Crippen molar-refractivity contribution >= 4 is 0 Å². The van der Waals surface area contributed by atoms with Crippen LogP contribution in [0.3, 0.4) is 0 Å². The van der Waals surface area contributed by atoms with Crippen molar-refractivity contribution in [1.82, 2.24) is 10.2 Å². The van der Waals surface area contributed by atoms with Gasteiger partial charge in [-0.2, -0.15) is 0 Å². The molecule has 2 aliphatic rings. The SMILES string of the molecule is CC(O)(CN1CCCNCC1)c1ccc2c(c1)OCO2. The number of benzene rings is 1. The summed E-state index contributed by atoms with van der Waals surface area (Å²) in [6.07, 6.45) is 1.12. The zero-order chi connectivity index (χ0) is 14.0. The van der Waals surface area contributed by atoms with Crippen molar-refractivity contribution in [2.75, 3.05) is 39.5 Å². The first-order valence-corrected chi connectivity index (χ1v) is 7.21. The van der Waals surface area contributed by atoms with Crippen molar-refractivity contribution in [3.05, 3.63) is 23.8 Å². The van der Waals surface area contributed by atoms with E-state index in [4.69, 9.17) is 9.47 Å². The van der Waals surface area contributed by atoms with Crippen LogP contribution in [0.25, 0.3) is 0 Å². The highest BCUT2D eigenvalue weighted by Gasteiger charge is 2.28. The van der Waals surface area contributed by atoms with Gasteiger partial charge in [0.15, 0.2) is 11.5 Å². The molecule has 0 aromatic heterocycles. The predicted molar refractivity (Wildman–Crippen MR) is 76.1 cm³/mol. The van der Waals surface area contributed by atoms with Gasteiger partial charge in [0.05, 0.1) is 5.60 Å². The first-order chi connectivity index (χ1) is 9.65. The predicted octanol–water partition coefficient (Wildman–Crippen LogP) is 0.918. The molecule has 1 aromatic rings. The van der Waals surface area contributed by atoms with Gasteiger partial charge >= 0.3 is 0 Å². The number of nitrogens with zero attached hydrogens (tertiary/aromatic N) is 1. The molecule has 1 aromatic carbocycles. The van der Waals surface area contributed by atoms with Crippen LogP contribution in [-0.2, 0) is 5.60 Å². The van der Waals surface area contributed by atoms with Crippen molar-refractivity contribution in [2.24, 2.45) is 0 Å². The quantitative estimate of drug-likeness (QED) is 0.861. The molecule has 1 unspecified atom stereocenters.